The van der Waals surface area contributed by atoms with Gasteiger partial charge in [0.15, 0.2) is 0 Å². The highest BCUT2D eigenvalue weighted by atomic mass is 16.6. The topological polar surface area (TPSA) is 68.3 Å². The zero-order valence-electron chi connectivity index (χ0n) is 16.4. The lowest BCUT2D eigenvalue weighted by atomic mass is 10.4. The molecule has 0 rings (SSSR count). The predicted octanol–water partition coefficient (Wildman–Crippen LogP) is 3.52. The number of carbonyl (C=O) groups is 2. The number of amides is 2. The van der Waals surface area contributed by atoms with Crippen LogP contribution in [0.25, 0.3) is 0 Å². The fourth-order valence-corrected chi connectivity index (χ4v) is 2.33. The number of ether oxygens (including phenoxy) is 3. The largest absolute Gasteiger partial charge is 0.447 e. The van der Waals surface area contributed by atoms with Crippen LogP contribution in [0.3, 0.4) is 0 Å². The summed E-state index contributed by atoms with van der Waals surface area (Å²) in [6, 6.07) is 0. The van der Waals surface area contributed by atoms with Crippen molar-refractivity contribution in [1.82, 2.24) is 9.80 Å². The highest BCUT2D eigenvalue weighted by Gasteiger charge is 2.13. The molecule has 0 atom stereocenters. The number of rotatable bonds is 14. The molecule has 7 nitrogen and oxygen atoms in total. The zero-order valence-corrected chi connectivity index (χ0v) is 16.4. The van der Waals surface area contributed by atoms with Gasteiger partial charge in [0, 0.05) is 26.2 Å². The molecule has 2 amide bonds. The molecule has 0 bridgehead atoms. The molecular formula is C18H36N2O5. The Kier molecular flexibility index (Phi) is 15.0. The first-order valence-corrected chi connectivity index (χ1v) is 9.51. The molecule has 0 N–H and O–H groups in total. The highest BCUT2D eigenvalue weighted by molar-refractivity contribution is 5.67. The van der Waals surface area contributed by atoms with E-state index in [1.165, 1.54) is 0 Å². The molecule has 0 saturated carbocycles. The second-order valence-electron chi connectivity index (χ2n) is 5.82. The van der Waals surface area contributed by atoms with Gasteiger partial charge in [-0.25, -0.2) is 9.59 Å². The van der Waals surface area contributed by atoms with Crippen LogP contribution in [-0.4, -0.2) is 74.6 Å². The Morgan fingerprint density at radius 3 is 1.20 bits per heavy atom. The molecule has 25 heavy (non-hydrogen) atoms. The van der Waals surface area contributed by atoms with Gasteiger partial charge in [-0.15, -0.1) is 0 Å². The first-order chi connectivity index (χ1) is 12.1. The average molecular weight is 360 g/mol. The standard InChI is InChI=1S/C18H36N2O5/c1-5-9-19(10-6-2)17(21)24-15-13-23-14-16-25-18(22)20(11-7-3)12-8-4/h5-16H2,1-4H3. The molecule has 0 heterocycles. The van der Waals surface area contributed by atoms with E-state index >= 15 is 0 Å². The number of nitrogens with zero attached hydrogens (tertiary/aromatic N) is 2. The lowest BCUT2D eigenvalue weighted by Crippen LogP contribution is -2.34. The quantitative estimate of drug-likeness (QED) is 0.443. The van der Waals surface area contributed by atoms with Gasteiger partial charge in [0.2, 0.25) is 0 Å². The summed E-state index contributed by atoms with van der Waals surface area (Å²) in [7, 11) is 0. The summed E-state index contributed by atoms with van der Waals surface area (Å²) in [6.07, 6.45) is 3.03. The fourth-order valence-electron chi connectivity index (χ4n) is 2.33. The first-order valence-electron chi connectivity index (χ1n) is 9.51. The summed E-state index contributed by atoms with van der Waals surface area (Å²) in [5, 5.41) is 0. The predicted molar refractivity (Wildman–Crippen MR) is 97.8 cm³/mol. The maximum atomic E-state index is 11.9. The number of hydrogen-bond donors (Lipinski definition) is 0. The minimum Gasteiger partial charge on any atom is -0.447 e. The maximum absolute atomic E-state index is 11.9. The van der Waals surface area contributed by atoms with Crippen LogP contribution in [0.4, 0.5) is 9.59 Å². The third kappa shape index (κ3) is 11.6. The highest BCUT2D eigenvalue weighted by Crippen LogP contribution is 2.00. The molecule has 148 valence electrons. The molecule has 0 aliphatic rings. The lowest BCUT2D eigenvalue weighted by molar-refractivity contribution is 0.0295. The van der Waals surface area contributed by atoms with Gasteiger partial charge in [0.1, 0.15) is 13.2 Å². The Morgan fingerprint density at radius 1 is 0.600 bits per heavy atom. The van der Waals surface area contributed by atoms with Crippen molar-refractivity contribution in [2.24, 2.45) is 0 Å². The van der Waals surface area contributed by atoms with Gasteiger partial charge in [-0.05, 0) is 25.7 Å². The summed E-state index contributed by atoms with van der Waals surface area (Å²) in [6.45, 7) is 11.9. The normalized spacial score (nSPS) is 10.4. The smallest absolute Gasteiger partial charge is 0.409 e. The minimum atomic E-state index is -0.298. The first kappa shape index (κ1) is 23.5. The van der Waals surface area contributed by atoms with Crippen LogP contribution in [-0.2, 0) is 14.2 Å². The van der Waals surface area contributed by atoms with Crippen LogP contribution >= 0.6 is 0 Å². The molecule has 0 aromatic carbocycles. The molecule has 7 heteroatoms. The Morgan fingerprint density at radius 2 is 0.920 bits per heavy atom. The van der Waals surface area contributed by atoms with Crippen molar-refractivity contribution in [2.75, 3.05) is 52.6 Å². The summed E-state index contributed by atoms with van der Waals surface area (Å²) >= 11 is 0. The van der Waals surface area contributed by atoms with E-state index in [0.29, 0.717) is 39.4 Å². The summed E-state index contributed by atoms with van der Waals surface area (Å²) < 4.78 is 15.7. The second-order valence-corrected chi connectivity index (χ2v) is 5.82. The molecule has 0 fully saturated rings. The molecule has 0 unspecified atom stereocenters. The molecule has 0 saturated heterocycles. The van der Waals surface area contributed by atoms with E-state index in [1.807, 2.05) is 27.7 Å². The second kappa shape index (κ2) is 16.0. The van der Waals surface area contributed by atoms with Crippen LogP contribution in [0.2, 0.25) is 0 Å². The van der Waals surface area contributed by atoms with Crippen molar-refractivity contribution in [2.45, 2.75) is 53.4 Å². The Bertz CT molecular complexity index is 308. The number of hydrogen-bond acceptors (Lipinski definition) is 5. The van der Waals surface area contributed by atoms with Gasteiger partial charge < -0.3 is 24.0 Å². The monoisotopic (exact) mass is 360 g/mol. The van der Waals surface area contributed by atoms with Crippen molar-refractivity contribution in [3.63, 3.8) is 0 Å². The molecular weight excluding hydrogens is 324 g/mol. The van der Waals surface area contributed by atoms with E-state index in [0.717, 1.165) is 25.7 Å². The van der Waals surface area contributed by atoms with Crippen molar-refractivity contribution >= 4 is 12.2 Å². The van der Waals surface area contributed by atoms with E-state index in [1.54, 1.807) is 9.80 Å². The molecule has 0 aliphatic carbocycles. The average Bonchev–Trinajstić information content (AvgIpc) is 2.60. The van der Waals surface area contributed by atoms with Gasteiger partial charge >= 0.3 is 12.2 Å². The van der Waals surface area contributed by atoms with E-state index in [-0.39, 0.29) is 25.4 Å². The molecule has 0 aliphatic heterocycles. The van der Waals surface area contributed by atoms with Crippen molar-refractivity contribution in [1.29, 1.82) is 0 Å². The molecule has 0 aromatic heterocycles. The van der Waals surface area contributed by atoms with Crippen molar-refractivity contribution < 1.29 is 23.8 Å². The lowest BCUT2D eigenvalue weighted by Gasteiger charge is -2.21. The molecule has 0 radical (unpaired) electrons. The van der Waals surface area contributed by atoms with Crippen LogP contribution in [0.5, 0.6) is 0 Å². The van der Waals surface area contributed by atoms with Crippen LogP contribution in [0.15, 0.2) is 0 Å². The SMILES string of the molecule is CCCN(CCC)C(=O)OCCOCCOC(=O)N(CCC)CCC. The van der Waals surface area contributed by atoms with Crippen molar-refractivity contribution in [3.8, 4) is 0 Å². The minimum absolute atomic E-state index is 0.203. The van der Waals surface area contributed by atoms with E-state index in [9.17, 15) is 9.59 Å². The van der Waals surface area contributed by atoms with E-state index < -0.39 is 0 Å². The fraction of sp³-hybridized carbons (Fsp3) is 0.889. The van der Waals surface area contributed by atoms with Gasteiger partial charge in [0.05, 0.1) is 13.2 Å². The third-order valence-corrected chi connectivity index (χ3v) is 3.40. The number of carbonyl (C=O) groups excluding carboxylic acids is 2. The summed E-state index contributed by atoms with van der Waals surface area (Å²) in [5.74, 6) is 0. The van der Waals surface area contributed by atoms with Crippen molar-refractivity contribution in [3.05, 3.63) is 0 Å². The van der Waals surface area contributed by atoms with E-state index in [4.69, 9.17) is 14.2 Å². The van der Waals surface area contributed by atoms with Crippen LogP contribution in [0.1, 0.15) is 53.4 Å². The van der Waals surface area contributed by atoms with Gasteiger partial charge in [-0.1, -0.05) is 27.7 Å². The van der Waals surface area contributed by atoms with E-state index in [2.05, 4.69) is 0 Å². The maximum Gasteiger partial charge on any atom is 0.409 e. The Hall–Kier alpha value is -1.50. The van der Waals surface area contributed by atoms with Crippen LogP contribution < -0.4 is 0 Å². The van der Waals surface area contributed by atoms with Gasteiger partial charge in [-0.2, -0.15) is 0 Å². The van der Waals surface area contributed by atoms with Crippen LogP contribution in [0, 0.1) is 0 Å². The van der Waals surface area contributed by atoms with Gasteiger partial charge in [-0.3, -0.25) is 0 Å². The summed E-state index contributed by atoms with van der Waals surface area (Å²) in [4.78, 5) is 27.2. The Balaban J connectivity index is 3.78. The van der Waals surface area contributed by atoms with Gasteiger partial charge in [0.25, 0.3) is 0 Å². The molecule has 0 spiro atoms. The molecule has 0 aromatic rings. The zero-order chi connectivity index (χ0) is 18.9. The third-order valence-electron chi connectivity index (χ3n) is 3.40. The Labute approximate surface area is 152 Å². The summed E-state index contributed by atoms with van der Waals surface area (Å²) in [5.41, 5.74) is 0.